The first-order valence-electron chi connectivity index (χ1n) is 8.34. The summed E-state index contributed by atoms with van der Waals surface area (Å²) in [5, 5.41) is 5.36. The van der Waals surface area contributed by atoms with Crippen molar-refractivity contribution in [2.24, 2.45) is 0 Å². The molecule has 3 aromatic carbocycles. The number of halogens is 1. The van der Waals surface area contributed by atoms with Crippen molar-refractivity contribution in [1.82, 2.24) is 0 Å². The second kappa shape index (κ2) is 8.06. The lowest BCUT2D eigenvalue weighted by Gasteiger charge is -2.10. The average molecular weight is 380 g/mol. The molecule has 0 spiro atoms. The van der Waals surface area contributed by atoms with Crippen LogP contribution in [0.5, 0.6) is 0 Å². The zero-order valence-electron chi connectivity index (χ0n) is 15.0. The lowest BCUT2D eigenvalue weighted by molar-refractivity contribution is -0.111. The van der Waals surface area contributed by atoms with Crippen LogP contribution in [0.4, 0.5) is 5.69 Å². The Labute approximate surface area is 162 Å². The highest BCUT2D eigenvalue weighted by molar-refractivity contribution is 6.31. The third-order valence-corrected chi connectivity index (χ3v) is 4.43. The van der Waals surface area contributed by atoms with E-state index in [4.69, 9.17) is 16.3 Å². The van der Waals surface area contributed by atoms with Gasteiger partial charge in [0.15, 0.2) is 0 Å². The first kappa shape index (κ1) is 18.7. The van der Waals surface area contributed by atoms with Gasteiger partial charge >= 0.3 is 5.97 Å². The first-order chi connectivity index (χ1) is 13.0. The summed E-state index contributed by atoms with van der Waals surface area (Å²) in [4.78, 5) is 24.3. The van der Waals surface area contributed by atoms with Gasteiger partial charge in [0, 0.05) is 11.1 Å². The summed E-state index contributed by atoms with van der Waals surface area (Å²) in [5.74, 6) is -0.898. The second-order valence-corrected chi connectivity index (χ2v) is 6.50. The molecule has 0 aliphatic heterocycles. The number of hydrogen-bond donors (Lipinski definition) is 1. The molecule has 0 unspecified atom stereocenters. The quantitative estimate of drug-likeness (QED) is 0.493. The molecule has 0 atom stereocenters. The molecular formula is C22H18ClNO3. The summed E-state index contributed by atoms with van der Waals surface area (Å²) < 4.78 is 4.74. The number of benzene rings is 3. The van der Waals surface area contributed by atoms with Gasteiger partial charge in [-0.05, 0) is 53.1 Å². The Kier molecular flexibility index (Phi) is 5.57. The molecule has 4 nitrogen and oxygen atoms in total. The van der Waals surface area contributed by atoms with Gasteiger partial charge in [-0.25, -0.2) is 4.79 Å². The molecule has 0 radical (unpaired) electrons. The maximum atomic E-state index is 12.5. The van der Waals surface area contributed by atoms with Gasteiger partial charge in [0.2, 0.25) is 5.91 Å². The van der Waals surface area contributed by atoms with Crippen molar-refractivity contribution in [3.05, 3.63) is 82.9 Å². The van der Waals surface area contributed by atoms with Gasteiger partial charge in [0.05, 0.1) is 18.4 Å². The Hall–Kier alpha value is -3.11. The Morgan fingerprint density at radius 2 is 1.74 bits per heavy atom. The number of nitrogens with one attached hydrogen (secondary N) is 1. The first-order valence-corrected chi connectivity index (χ1v) is 8.72. The third kappa shape index (κ3) is 4.36. The van der Waals surface area contributed by atoms with Crippen molar-refractivity contribution in [2.45, 2.75) is 6.92 Å². The van der Waals surface area contributed by atoms with E-state index in [2.05, 4.69) is 5.32 Å². The molecule has 0 aliphatic rings. The number of anilines is 1. The van der Waals surface area contributed by atoms with Crippen LogP contribution in [0, 0.1) is 0 Å². The fourth-order valence-corrected chi connectivity index (χ4v) is 2.96. The molecular weight excluding hydrogens is 362 g/mol. The van der Waals surface area contributed by atoms with E-state index in [1.807, 2.05) is 49.4 Å². The highest BCUT2D eigenvalue weighted by Gasteiger charge is 2.14. The predicted octanol–water partition coefficient (Wildman–Crippen LogP) is 5.32. The average Bonchev–Trinajstić information content (AvgIpc) is 2.67. The number of methoxy groups -OCH3 is 1. The number of hydrogen-bond acceptors (Lipinski definition) is 3. The van der Waals surface area contributed by atoms with E-state index in [9.17, 15) is 9.59 Å². The Morgan fingerprint density at radius 1 is 1.00 bits per heavy atom. The van der Waals surface area contributed by atoms with Crippen LogP contribution in [-0.4, -0.2) is 19.0 Å². The van der Waals surface area contributed by atoms with E-state index in [0.29, 0.717) is 10.7 Å². The molecule has 0 fully saturated rings. The topological polar surface area (TPSA) is 55.4 Å². The van der Waals surface area contributed by atoms with Crippen LogP contribution in [0.15, 0.2) is 66.7 Å². The van der Waals surface area contributed by atoms with Gasteiger partial charge in [-0.2, -0.15) is 0 Å². The summed E-state index contributed by atoms with van der Waals surface area (Å²) >= 11 is 5.99. The Balaban J connectivity index is 1.85. The van der Waals surface area contributed by atoms with Gasteiger partial charge in [-0.3, -0.25) is 4.79 Å². The number of ether oxygens (including phenoxy) is 1. The molecule has 0 heterocycles. The summed E-state index contributed by atoms with van der Waals surface area (Å²) in [7, 11) is 1.28. The van der Waals surface area contributed by atoms with Crippen LogP contribution in [0.1, 0.15) is 22.8 Å². The van der Waals surface area contributed by atoms with Crippen LogP contribution >= 0.6 is 11.6 Å². The van der Waals surface area contributed by atoms with Crippen LogP contribution in [0.25, 0.3) is 16.3 Å². The fraction of sp³-hybridized carbons (Fsp3) is 0.0909. The van der Waals surface area contributed by atoms with Gasteiger partial charge in [-0.15, -0.1) is 0 Å². The molecule has 27 heavy (non-hydrogen) atoms. The number of rotatable bonds is 4. The highest BCUT2D eigenvalue weighted by Crippen LogP contribution is 2.23. The third-order valence-electron chi connectivity index (χ3n) is 4.20. The molecule has 0 saturated heterocycles. The predicted molar refractivity (Wildman–Crippen MR) is 109 cm³/mol. The standard InChI is InChI=1S/C22H18ClNO3/c1-14(16-8-7-15-5-3-4-6-17(15)12-16)11-21(25)24-20-13-18(23)9-10-19(20)22(26)27-2/h3-13H,1-2H3,(H,24,25)/b14-11-. The van der Waals surface area contributed by atoms with E-state index in [1.165, 1.54) is 25.3 Å². The van der Waals surface area contributed by atoms with E-state index < -0.39 is 5.97 Å². The SMILES string of the molecule is COC(=O)c1ccc(Cl)cc1NC(=O)/C=C(/C)c1ccc2ccccc2c1. The van der Waals surface area contributed by atoms with Gasteiger partial charge in [0.25, 0.3) is 0 Å². The van der Waals surface area contributed by atoms with Gasteiger partial charge in [0.1, 0.15) is 0 Å². The normalized spacial score (nSPS) is 11.3. The minimum absolute atomic E-state index is 0.243. The number of allylic oxidation sites excluding steroid dienone is 1. The molecule has 136 valence electrons. The monoisotopic (exact) mass is 379 g/mol. The maximum absolute atomic E-state index is 12.5. The van der Waals surface area contributed by atoms with Crippen molar-refractivity contribution < 1.29 is 14.3 Å². The number of carbonyl (C=O) groups excluding carboxylic acids is 2. The molecule has 0 aliphatic carbocycles. The molecule has 1 amide bonds. The molecule has 1 N–H and O–H groups in total. The second-order valence-electron chi connectivity index (χ2n) is 6.06. The number of esters is 1. The maximum Gasteiger partial charge on any atom is 0.339 e. The van der Waals surface area contributed by atoms with Crippen LogP contribution < -0.4 is 5.32 Å². The number of fused-ring (bicyclic) bond motifs is 1. The van der Waals surface area contributed by atoms with Gasteiger partial charge in [-0.1, -0.05) is 48.0 Å². The lowest BCUT2D eigenvalue weighted by Crippen LogP contribution is -2.13. The van der Waals surface area contributed by atoms with Crippen molar-refractivity contribution in [1.29, 1.82) is 0 Å². The largest absolute Gasteiger partial charge is 0.465 e. The molecule has 3 rings (SSSR count). The van der Waals surface area contributed by atoms with Crippen molar-refractivity contribution in [3.8, 4) is 0 Å². The Bertz CT molecular complexity index is 1060. The molecule has 0 bridgehead atoms. The molecule has 0 aromatic heterocycles. The van der Waals surface area contributed by atoms with Crippen LogP contribution in [0.3, 0.4) is 0 Å². The zero-order valence-corrected chi connectivity index (χ0v) is 15.7. The summed E-state index contributed by atoms with van der Waals surface area (Å²) in [6.45, 7) is 1.86. The van der Waals surface area contributed by atoms with Crippen molar-refractivity contribution in [3.63, 3.8) is 0 Å². The number of amides is 1. The van der Waals surface area contributed by atoms with E-state index in [1.54, 1.807) is 6.07 Å². The van der Waals surface area contributed by atoms with E-state index in [0.717, 1.165) is 21.9 Å². The lowest BCUT2D eigenvalue weighted by atomic mass is 10.0. The molecule has 0 saturated carbocycles. The van der Waals surface area contributed by atoms with E-state index >= 15 is 0 Å². The van der Waals surface area contributed by atoms with E-state index in [-0.39, 0.29) is 11.5 Å². The van der Waals surface area contributed by atoms with Crippen molar-refractivity contribution >= 4 is 45.5 Å². The summed E-state index contributed by atoms with van der Waals surface area (Å²) in [6.07, 6.45) is 1.49. The minimum atomic E-state index is -0.544. The summed E-state index contributed by atoms with van der Waals surface area (Å²) in [5.41, 5.74) is 2.30. The summed E-state index contributed by atoms with van der Waals surface area (Å²) in [6, 6.07) is 18.7. The highest BCUT2D eigenvalue weighted by atomic mass is 35.5. The molecule has 3 aromatic rings. The van der Waals surface area contributed by atoms with Crippen molar-refractivity contribution in [2.75, 3.05) is 12.4 Å². The van der Waals surface area contributed by atoms with Gasteiger partial charge < -0.3 is 10.1 Å². The van der Waals surface area contributed by atoms with Crippen LogP contribution in [-0.2, 0) is 9.53 Å². The Morgan fingerprint density at radius 3 is 2.48 bits per heavy atom. The zero-order chi connectivity index (χ0) is 19.4. The van der Waals surface area contributed by atoms with Crippen LogP contribution in [0.2, 0.25) is 5.02 Å². The smallest absolute Gasteiger partial charge is 0.339 e. The molecule has 5 heteroatoms. The number of carbonyl (C=O) groups is 2. The fourth-order valence-electron chi connectivity index (χ4n) is 2.79. The minimum Gasteiger partial charge on any atom is -0.465 e.